The van der Waals surface area contributed by atoms with Crippen molar-refractivity contribution in [1.82, 2.24) is 4.98 Å². The lowest BCUT2D eigenvalue weighted by Crippen LogP contribution is -2.19. The van der Waals surface area contributed by atoms with Crippen LogP contribution in [0, 0.1) is 0 Å². The summed E-state index contributed by atoms with van der Waals surface area (Å²) in [5, 5.41) is 3.26. The first-order chi connectivity index (χ1) is 5.79. The van der Waals surface area contributed by atoms with Crippen molar-refractivity contribution in [3.63, 3.8) is 0 Å². The minimum Gasteiger partial charge on any atom is -0.385 e. The zero-order valence-electron chi connectivity index (χ0n) is 7.33. The number of anilines is 1. The summed E-state index contributed by atoms with van der Waals surface area (Å²) in [5.74, 6) is 0. The predicted molar refractivity (Wildman–Crippen MR) is 51.0 cm³/mol. The quantitative estimate of drug-likeness (QED) is 0.705. The van der Waals surface area contributed by atoms with Crippen LogP contribution in [0.2, 0.25) is 0 Å². The van der Waals surface area contributed by atoms with Gasteiger partial charge < -0.3 is 11.1 Å². The van der Waals surface area contributed by atoms with E-state index in [1.165, 1.54) is 0 Å². The molecule has 12 heavy (non-hydrogen) atoms. The van der Waals surface area contributed by atoms with E-state index in [-0.39, 0.29) is 6.04 Å². The number of hydrogen-bond donors (Lipinski definition) is 2. The first kappa shape index (κ1) is 9.00. The average molecular weight is 165 g/mol. The molecule has 0 amide bonds. The van der Waals surface area contributed by atoms with Crippen LogP contribution in [0.15, 0.2) is 24.5 Å². The molecular weight excluding hydrogens is 150 g/mol. The van der Waals surface area contributed by atoms with Crippen molar-refractivity contribution in [2.24, 2.45) is 5.73 Å². The van der Waals surface area contributed by atoms with Crippen molar-refractivity contribution in [2.75, 3.05) is 11.9 Å². The summed E-state index contributed by atoms with van der Waals surface area (Å²) in [5.41, 5.74) is 6.71. The number of rotatable bonds is 4. The minimum atomic E-state index is 0.263. The smallest absolute Gasteiger partial charge is 0.0371 e. The number of nitrogens with one attached hydrogen (secondary N) is 1. The molecule has 0 spiro atoms. The van der Waals surface area contributed by atoms with Gasteiger partial charge in [-0.3, -0.25) is 4.98 Å². The van der Waals surface area contributed by atoms with Crippen LogP contribution in [-0.4, -0.2) is 17.6 Å². The van der Waals surface area contributed by atoms with Crippen LogP contribution in [0.4, 0.5) is 5.69 Å². The highest BCUT2D eigenvalue weighted by Gasteiger charge is 1.93. The summed E-state index contributed by atoms with van der Waals surface area (Å²) in [6.45, 7) is 2.93. The fourth-order valence-electron chi connectivity index (χ4n) is 0.914. The number of hydrogen-bond acceptors (Lipinski definition) is 3. The third-order valence-corrected chi connectivity index (χ3v) is 1.61. The molecule has 0 aliphatic heterocycles. The summed E-state index contributed by atoms with van der Waals surface area (Å²) in [4.78, 5) is 3.92. The third-order valence-electron chi connectivity index (χ3n) is 1.61. The molecule has 0 radical (unpaired) electrons. The summed E-state index contributed by atoms with van der Waals surface area (Å²) < 4.78 is 0. The SMILES string of the molecule is CC(N)CCNc1ccncc1. The molecule has 0 saturated heterocycles. The number of nitrogens with two attached hydrogens (primary N) is 1. The van der Waals surface area contributed by atoms with Crippen molar-refractivity contribution in [1.29, 1.82) is 0 Å². The Hall–Kier alpha value is -1.09. The molecule has 1 unspecified atom stereocenters. The molecule has 3 nitrogen and oxygen atoms in total. The van der Waals surface area contributed by atoms with E-state index in [1.807, 2.05) is 19.1 Å². The molecular formula is C9H15N3. The van der Waals surface area contributed by atoms with Crippen molar-refractivity contribution in [3.05, 3.63) is 24.5 Å². The van der Waals surface area contributed by atoms with Gasteiger partial charge in [0.2, 0.25) is 0 Å². The van der Waals surface area contributed by atoms with Crippen LogP contribution in [0.1, 0.15) is 13.3 Å². The number of nitrogens with zero attached hydrogens (tertiary/aromatic N) is 1. The average Bonchev–Trinajstić information content (AvgIpc) is 2.05. The second-order valence-corrected chi connectivity index (χ2v) is 2.93. The largest absolute Gasteiger partial charge is 0.385 e. The monoisotopic (exact) mass is 165 g/mol. The lowest BCUT2D eigenvalue weighted by Gasteiger charge is -2.07. The van der Waals surface area contributed by atoms with E-state index in [0.717, 1.165) is 18.7 Å². The third kappa shape index (κ3) is 3.34. The molecule has 1 heterocycles. The van der Waals surface area contributed by atoms with Gasteiger partial charge in [0.05, 0.1) is 0 Å². The molecule has 0 aliphatic rings. The molecule has 1 rings (SSSR count). The highest BCUT2D eigenvalue weighted by molar-refractivity contribution is 5.40. The summed E-state index contributed by atoms with van der Waals surface area (Å²) in [7, 11) is 0. The van der Waals surface area contributed by atoms with Gasteiger partial charge >= 0.3 is 0 Å². The van der Waals surface area contributed by atoms with Gasteiger partial charge in [0.1, 0.15) is 0 Å². The van der Waals surface area contributed by atoms with Crippen LogP contribution < -0.4 is 11.1 Å². The molecule has 1 aromatic rings. The van der Waals surface area contributed by atoms with Crippen LogP contribution >= 0.6 is 0 Å². The van der Waals surface area contributed by atoms with Crippen molar-refractivity contribution >= 4 is 5.69 Å². The molecule has 1 atom stereocenters. The molecule has 0 aromatic carbocycles. The maximum Gasteiger partial charge on any atom is 0.0371 e. The zero-order valence-corrected chi connectivity index (χ0v) is 7.33. The van der Waals surface area contributed by atoms with Gasteiger partial charge in [0, 0.05) is 30.7 Å². The second-order valence-electron chi connectivity index (χ2n) is 2.93. The maximum absolute atomic E-state index is 5.60. The molecule has 3 heteroatoms. The molecule has 0 saturated carbocycles. The van der Waals surface area contributed by atoms with Crippen LogP contribution in [0.25, 0.3) is 0 Å². The topological polar surface area (TPSA) is 50.9 Å². The zero-order chi connectivity index (χ0) is 8.81. The normalized spacial score (nSPS) is 12.5. The summed E-state index contributed by atoms with van der Waals surface area (Å²) in [6, 6.07) is 4.15. The van der Waals surface area contributed by atoms with E-state index in [4.69, 9.17) is 5.73 Å². The van der Waals surface area contributed by atoms with Gasteiger partial charge in [0.25, 0.3) is 0 Å². The molecule has 0 bridgehead atoms. The molecule has 0 fully saturated rings. The van der Waals surface area contributed by atoms with Crippen molar-refractivity contribution in [2.45, 2.75) is 19.4 Å². The van der Waals surface area contributed by atoms with E-state index >= 15 is 0 Å². The fourth-order valence-corrected chi connectivity index (χ4v) is 0.914. The Labute approximate surface area is 73.0 Å². The van der Waals surface area contributed by atoms with Gasteiger partial charge in [0.15, 0.2) is 0 Å². The second kappa shape index (κ2) is 4.72. The van der Waals surface area contributed by atoms with Gasteiger partial charge in [-0.2, -0.15) is 0 Å². The van der Waals surface area contributed by atoms with E-state index in [1.54, 1.807) is 12.4 Å². The van der Waals surface area contributed by atoms with Gasteiger partial charge in [-0.1, -0.05) is 0 Å². The van der Waals surface area contributed by atoms with Crippen LogP contribution in [0.5, 0.6) is 0 Å². The first-order valence-corrected chi connectivity index (χ1v) is 4.18. The predicted octanol–water partition coefficient (Wildman–Crippen LogP) is 1.23. The molecule has 0 aliphatic carbocycles. The van der Waals surface area contributed by atoms with Gasteiger partial charge in [-0.25, -0.2) is 0 Å². The summed E-state index contributed by atoms with van der Waals surface area (Å²) >= 11 is 0. The Kier molecular flexibility index (Phi) is 3.54. The van der Waals surface area contributed by atoms with Gasteiger partial charge in [-0.15, -0.1) is 0 Å². The van der Waals surface area contributed by atoms with E-state index in [9.17, 15) is 0 Å². The van der Waals surface area contributed by atoms with E-state index in [0.29, 0.717) is 0 Å². The number of pyridine rings is 1. The lowest BCUT2D eigenvalue weighted by atomic mass is 10.2. The highest BCUT2D eigenvalue weighted by atomic mass is 14.9. The molecule has 1 aromatic heterocycles. The molecule has 66 valence electrons. The highest BCUT2D eigenvalue weighted by Crippen LogP contribution is 2.02. The first-order valence-electron chi connectivity index (χ1n) is 4.18. The Morgan fingerprint density at radius 2 is 2.17 bits per heavy atom. The lowest BCUT2D eigenvalue weighted by molar-refractivity contribution is 0.690. The van der Waals surface area contributed by atoms with Crippen LogP contribution in [-0.2, 0) is 0 Å². The minimum absolute atomic E-state index is 0.263. The summed E-state index contributed by atoms with van der Waals surface area (Å²) in [6.07, 6.45) is 4.53. The Morgan fingerprint density at radius 3 is 2.75 bits per heavy atom. The Bertz CT molecular complexity index is 208. The van der Waals surface area contributed by atoms with Crippen LogP contribution in [0.3, 0.4) is 0 Å². The van der Waals surface area contributed by atoms with E-state index in [2.05, 4.69) is 10.3 Å². The Balaban J connectivity index is 2.25. The molecule has 3 N–H and O–H groups in total. The maximum atomic E-state index is 5.60. The number of aromatic nitrogens is 1. The fraction of sp³-hybridized carbons (Fsp3) is 0.444. The van der Waals surface area contributed by atoms with Gasteiger partial charge in [-0.05, 0) is 25.5 Å². The van der Waals surface area contributed by atoms with Crippen molar-refractivity contribution in [3.8, 4) is 0 Å². The van der Waals surface area contributed by atoms with E-state index < -0.39 is 0 Å². The standard InChI is InChI=1S/C9H15N3/c1-8(10)2-7-12-9-3-5-11-6-4-9/h3-6,8H,2,7,10H2,1H3,(H,11,12). The Morgan fingerprint density at radius 1 is 1.50 bits per heavy atom. The van der Waals surface area contributed by atoms with Crippen molar-refractivity contribution < 1.29 is 0 Å².